The minimum absolute atomic E-state index is 0.0805. The number of urea groups is 1. The number of nitrogens with one attached hydrogen (secondary N) is 2. The molecule has 32 heavy (non-hydrogen) atoms. The molecule has 9 nitrogen and oxygen atoms in total. The number of rotatable bonds is 11. The van der Waals surface area contributed by atoms with Gasteiger partial charge in [0, 0.05) is 46.1 Å². The third kappa shape index (κ3) is 8.20. The highest BCUT2D eigenvalue weighted by Gasteiger charge is 2.26. The molecule has 0 aliphatic carbocycles. The highest BCUT2D eigenvalue weighted by atomic mass is 35.5. The fraction of sp³-hybridized carbons (Fsp3) is 0.286. The molecule has 0 spiro atoms. The lowest BCUT2D eigenvalue weighted by Gasteiger charge is -2.18. The summed E-state index contributed by atoms with van der Waals surface area (Å²) in [4.78, 5) is 52.1. The number of pyridine rings is 1. The molecule has 0 aliphatic heterocycles. The topological polar surface area (TPSA) is 135 Å². The first-order chi connectivity index (χ1) is 15.3. The summed E-state index contributed by atoms with van der Waals surface area (Å²) in [6.45, 7) is 0. The van der Waals surface area contributed by atoms with Crippen molar-refractivity contribution in [2.75, 3.05) is 23.9 Å². The van der Waals surface area contributed by atoms with Crippen LogP contribution in [0.1, 0.15) is 16.8 Å². The second-order valence-corrected chi connectivity index (χ2v) is 8.13. The van der Waals surface area contributed by atoms with E-state index in [9.17, 15) is 19.2 Å². The zero-order valence-electron chi connectivity index (χ0n) is 17.1. The number of aliphatic carboxylic acids is 1. The normalized spacial score (nSPS) is 12.3. The van der Waals surface area contributed by atoms with Gasteiger partial charge in [-0.05, 0) is 36.4 Å². The Morgan fingerprint density at radius 2 is 1.88 bits per heavy atom. The average Bonchev–Trinajstić information content (AvgIpc) is 2.78. The molecule has 0 aliphatic rings. The Labute approximate surface area is 193 Å². The number of methoxy groups -OCH3 is 1. The van der Waals surface area contributed by atoms with Crippen molar-refractivity contribution in [3.05, 3.63) is 59.4 Å². The average molecular weight is 480 g/mol. The lowest BCUT2D eigenvalue weighted by Crippen LogP contribution is -2.45. The van der Waals surface area contributed by atoms with E-state index in [0.717, 1.165) is 11.8 Å². The largest absolute Gasteiger partial charge is 0.481 e. The molecule has 170 valence electrons. The second-order valence-electron chi connectivity index (χ2n) is 6.62. The molecule has 2 aromatic rings. The zero-order valence-corrected chi connectivity index (χ0v) is 18.7. The van der Waals surface area contributed by atoms with Crippen LogP contribution in [0.2, 0.25) is 5.02 Å². The van der Waals surface area contributed by atoms with Crippen LogP contribution in [0.25, 0.3) is 0 Å². The number of aromatic nitrogens is 1. The summed E-state index contributed by atoms with van der Waals surface area (Å²) in [5, 5.41) is 14.8. The van der Waals surface area contributed by atoms with E-state index in [1.165, 1.54) is 19.5 Å². The van der Waals surface area contributed by atoms with Gasteiger partial charge in [-0.3, -0.25) is 14.6 Å². The van der Waals surface area contributed by atoms with Gasteiger partial charge in [0.2, 0.25) is 0 Å². The first kappa shape index (κ1) is 25.2. The van der Waals surface area contributed by atoms with Crippen molar-refractivity contribution in [3.63, 3.8) is 0 Å². The Bertz CT molecular complexity index is 942. The van der Waals surface area contributed by atoms with Crippen LogP contribution in [0.4, 0.5) is 10.5 Å². The second kappa shape index (κ2) is 12.7. The Kier molecular flexibility index (Phi) is 9.96. The minimum atomic E-state index is -1.11. The molecule has 0 radical (unpaired) electrons. The highest BCUT2D eigenvalue weighted by molar-refractivity contribution is 7.99. The van der Waals surface area contributed by atoms with Crippen LogP contribution < -0.4 is 10.6 Å². The summed E-state index contributed by atoms with van der Waals surface area (Å²) in [7, 11) is 1.19. The number of benzene rings is 1. The Morgan fingerprint density at radius 1 is 1.16 bits per heavy atom. The van der Waals surface area contributed by atoms with Crippen molar-refractivity contribution in [2.24, 2.45) is 5.92 Å². The van der Waals surface area contributed by atoms with Crippen LogP contribution in [-0.2, 0) is 14.3 Å². The Balaban J connectivity index is 1.97. The summed E-state index contributed by atoms with van der Waals surface area (Å²) in [5.41, 5.74) is 0.788. The van der Waals surface area contributed by atoms with E-state index in [2.05, 4.69) is 15.6 Å². The van der Waals surface area contributed by atoms with E-state index >= 15 is 0 Å². The van der Waals surface area contributed by atoms with Crippen LogP contribution in [-0.4, -0.2) is 58.5 Å². The van der Waals surface area contributed by atoms with Gasteiger partial charge in [0.1, 0.15) is 6.04 Å². The SMILES string of the molecule is COC(=O)[C@H](CSCC(CC(=O)O)C(=O)c1cccnc1)NC(=O)Nc1ccc(Cl)cc1. The Morgan fingerprint density at radius 3 is 2.47 bits per heavy atom. The zero-order chi connectivity index (χ0) is 23.5. The molecule has 2 atom stereocenters. The van der Waals surface area contributed by atoms with Gasteiger partial charge in [-0.1, -0.05) is 11.6 Å². The van der Waals surface area contributed by atoms with Gasteiger partial charge in [-0.25, -0.2) is 9.59 Å². The molecule has 1 heterocycles. The molecule has 0 saturated carbocycles. The van der Waals surface area contributed by atoms with Crippen LogP contribution in [0.15, 0.2) is 48.8 Å². The molecule has 0 fully saturated rings. The monoisotopic (exact) mass is 479 g/mol. The molecule has 11 heteroatoms. The van der Waals surface area contributed by atoms with Crippen LogP contribution in [0, 0.1) is 5.92 Å². The number of carbonyl (C=O) groups is 4. The van der Waals surface area contributed by atoms with E-state index in [1.54, 1.807) is 36.4 Å². The molecule has 0 bridgehead atoms. The maximum Gasteiger partial charge on any atom is 0.329 e. The predicted molar refractivity (Wildman–Crippen MR) is 121 cm³/mol. The van der Waals surface area contributed by atoms with Crippen LogP contribution in [0.3, 0.4) is 0 Å². The number of esters is 1. The third-order valence-corrected chi connectivity index (χ3v) is 5.69. The van der Waals surface area contributed by atoms with E-state index in [-0.39, 0.29) is 23.7 Å². The number of carbonyl (C=O) groups excluding carboxylic acids is 3. The Hall–Kier alpha value is -3.11. The smallest absolute Gasteiger partial charge is 0.329 e. The molecular formula is C21H22ClN3O6S. The molecule has 1 aromatic carbocycles. The van der Waals surface area contributed by atoms with Gasteiger partial charge in [0.05, 0.1) is 13.5 Å². The maximum atomic E-state index is 12.7. The summed E-state index contributed by atoms with van der Waals surface area (Å²) in [6, 6.07) is 7.94. The quantitative estimate of drug-likeness (QED) is 0.330. The highest BCUT2D eigenvalue weighted by Crippen LogP contribution is 2.19. The van der Waals surface area contributed by atoms with E-state index in [0.29, 0.717) is 16.3 Å². The summed E-state index contributed by atoms with van der Waals surface area (Å²) in [5.74, 6) is -2.74. The fourth-order valence-electron chi connectivity index (χ4n) is 2.68. The van der Waals surface area contributed by atoms with Gasteiger partial charge in [-0.15, -0.1) is 0 Å². The van der Waals surface area contributed by atoms with E-state index in [4.69, 9.17) is 21.4 Å². The number of amides is 2. The van der Waals surface area contributed by atoms with E-state index < -0.39 is 29.9 Å². The maximum absolute atomic E-state index is 12.7. The number of thioether (sulfide) groups is 1. The van der Waals surface area contributed by atoms with E-state index in [1.807, 2.05) is 0 Å². The molecular weight excluding hydrogens is 458 g/mol. The molecule has 2 amide bonds. The molecule has 0 saturated heterocycles. The van der Waals surface area contributed by atoms with Gasteiger partial charge < -0.3 is 20.5 Å². The number of carboxylic acid groups (broad SMARTS) is 1. The summed E-state index contributed by atoms with van der Waals surface area (Å²) in [6.07, 6.45) is 2.52. The third-order valence-electron chi connectivity index (χ3n) is 4.23. The minimum Gasteiger partial charge on any atom is -0.481 e. The van der Waals surface area contributed by atoms with Gasteiger partial charge in [-0.2, -0.15) is 11.8 Å². The number of hydrogen-bond donors (Lipinski definition) is 3. The van der Waals surface area contributed by atoms with Gasteiger partial charge in [0.15, 0.2) is 5.78 Å². The van der Waals surface area contributed by atoms with Gasteiger partial charge in [0.25, 0.3) is 0 Å². The predicted octanol–water partition coefficient (Wildman–Crippen LogP) is 3.11. The molecule has 1 aromatic heterocycles. The number of ketones is 1. The number of halogens is 1. The van der Waals surface area contributed by atoms with Crippen LogP contribution in [0.5, 0.6) is 0 Å². The summed E-state index contributed by atoms with van der Waals surface area (Å²) >= 11 is 6.97. The summed E-state index contributed by atoms with van der Waals surface area (Å²) < 4.78 is 4.74. The molecule has 2 rings (SSSR count). The number of Topliss-reactive ketones (excluding diaryl/α,β-unsaturated/α-hetero) is 1. The molecule has 1 unspecified atom stereocenters. The van der Waals surface area contributed by atoms with Crippen molar-refractivity contribution in [3.8, 4) is 0 Å². The number of anilines is 1. The standard InChI is InChI=1S/C21H22ClN3O6S/c1-31-20(29)17(25-21(30)24-16-6-4-15(22)5-7-16)12-32-11-14(9-18(26)27)19(28)13-3-2-8-23-10-13/h2-8,10,14,17H,9,11-12H2,1H3,(H,26,27)(H2,24,25,30)/t14?,17-/m0/s1. The van der Waals surface area contributed by atoms with Crippen LogP contribution >= 0.6 is 23.4 Å². The first-order valence-electron chi connectivity index (χ1n) is 9.44. The van der Waals surface area contributed by atoms with Crippen molar-refractivity contribution < 1.29 is 29.0 Å². The first-order valence-corrected chi connectivity index (χ1v) is 11.0. The lowest BCUT2D eigenvalue weighted by molar-refractivity contribution is -0.142. The van der Waals surface area contributed by atoms with Crippen molar-refractivity contribution in [2.45, 2.75) is 12.5 Å². The van der Waals surface area contributed by atoms with Crippen molar-refractivity contribution in [1.82, 2.24) is 10.3 Å². The van der Waals surface area contributed by atoms with Crippen molar-refractivity contribution in [1.29, 1.82) is 0 Å². The number of carboxylic acids is 1. The van der Waals surface area contributed by atoms with Gasteiger partial charge >= 0.3 is 18.0 Å². The number of nitrogens with zero attached hydrogens (tertiary/aromatic N) is 1. The fourth-order valence-corrected chi connectivity index (χ4v) is 3.95. The lowest BCUT2D eigenvalue weighted by atomic mass is 9.97. The van der Waals surface area contributed by atoms with Crippen molar-refractivity contribution >= 4 is 52.8 Å². The number of ether oxygens (including phenoxy) is 1. The number of hydrogen-bond acceptors (Lipinski definition) is 7. The molecule has 3 N–H and O–H groups in total.